The van der Waals surface area contributed by atoms with E-state index in [1.807, 2.05) is 32.9 Å². The van der Waals surface area contributed by atoms with E-state index >= 15 is 0 Å². The van der Waals surface area contributed by atoms with Crippen molar-refractivity contribution in [2.24, 2.45) is 0 Å². The van der Waals surface area contributed by atoms with Gasteiger partial charge in [-0.05, 0) is 36.8 Å². The maximum Gasteiger partial charge on any atom is 0.237 e. The number of nitrogens with one attached hydrogen (secondary N) is 1. The van der Waals surface area contributed by atoms with Crippen molar-refractivity contribution in [2.45, 2.75) is 39.9 Å². The Kier molecular flexibility index (Phi) is 5.93. The summed E-state index contributed by atoms with van der Waals surface area (Å²) < 4.78 is 18.6. The third-order valence-corrected chi connectivity index (χ3v) is 3.44. The third kappa shape index (κ3) is 5.53. The van der Waals surface area contributed by atoms with Gasteiger partial charge in [-0.15, -0.1) is 0 Å². The average Bonchev–Trinajstić information content (AvgIpc) is 2.91. The number of amides is 1. The van der Waals surface area contributed by atoms with Crippen molar-refractivity contribution in [1.82, 2.24) is 10.2 Å². The van der Waals surface area contributed by atoms with Gasteiger partial charge in [-0.1, -0.05) is 26.0 Å². The highest BCUT2D eigenvalue weighted by Gasteiger charge is 2.16. The molecule has 1 heterocycles. The van der Waals surface area contributed by atoms with Gasteiger partial charge in [0.05, 0.1) is 13.1 Å². The second-order valence-electron chi connectivity index (χ2n) is 5.92. The Labute approximate surface area is 136 Å². The van der Waals surface area contributed by atoms with Crippen LogP contribution in [-0.4, -0.2) is 23.4 Å². The predicted octanol–water partition coefficient (Wildman–Crippen LogP) is 3.25. The van der Waals surface area contributed by atoms with Crippen LogP contribution in [0, 0.1) is 12.7 Å². The molecule has 0 bridgehead atoms. The molecule has 0 saturated carbocycles. The van der Waals surface area contributed by atoms with E-state index in [4.69, 9.17) is 4.42 Å². The lowest BCUT2D eigenvalue weighted by Crippen LogP contribution is -2.39. The molecule has 2 aromatic rings. The molecular weight excluding hydrogens is 295 g/mol. The summed E-state index contributed by atoms with van der Waals surface area (Å²) in [4.78, 5) is 14.2. The number of hydrogen-bond acceptors (Lipinski definition) is 3. The molecule has 0 fully saturated rings. The molecule has 1 aromatic carbocycles. The molecule has 1 N–H and O–H groups in total. The van der Waals surface area contributed by atoms with E-state index in [2.05, 4.69) is 5.32 Å². The molecule has 5 heteroatoms. The number of carbonyl (C=O) groups excluding carboxylic acids is 1. The smallest absolute Gasteiger partial charge is 0.237 e. The van der Waals surface area contributed by atoms with E-state index < -0.39 is 0 Å². The Bertz CT molecular complexity index is 635. The maximum atomic E-state index is 13.0. The summed E-state index contributed by atoms with van der Waals surface area (Å²) >= 11 is 0. The van der Waals surface area contributed by atoms with Crippen molar-refractivity contribution in [3.63, 3.8) is 0 Å². The molecule has 0 radical (unpaired) electrons. The first-order valence-corrected chi connectivity index (χ1v) is 7.75. The largest absolute Gasteiger partial charge is 0.464 e. The van der Waals surface area contributed by atoms with E-state index in [1.165, 1.54) is 12.1 Å². The maximum absolute atomic E-state index is 13.0. The summed E-state index contributed by atoms with van der Waals surface area (Å²) in [5, 5.41) is 3.13. The van der Waals surface area contributed by atoms with E-state index in [0.717, 1.165) is 17.1 Å². The molecule has 23 heavy (non-hydrogen) atoms. The molecule has 2 rings (SSSR count). The Morgan fingerprint density at radius 1 is 1.17 bits per heavy atom. The fourth-order valence-electron chi connectivity index (χ4n) is 2.20. The lowest BCUT2D eigenvalue weighted by molar-refractivity contribution is -0.131. The van der Waals surface area contributed by atoms with Crippen LogP contribution in [-0.2, 0) is 17.9 Å². The summed E-state index contributed by atoms with van der Waals surface area (Å²) in [6, 6.07) is 10.2. The predicted molar refractivity (Wildman–Crippen MR) is 87.2 cm³/mol. The van der Waals surface area contributed by atoms with Crippen molar-refractivity contribution in [2.75, 3.05) is 6.54 Å². The van der Waals surface area contributed by atoms with Gasteiger partial charge in [-0.2, -0.15) is 0 Å². The molecule has 0 aliphatic heterocycles. The van der Waals surface area contributed by atoms with Crippen molar-refractivity contribution in [3.8, 4) is 0 Å². The van der Waals surface area contributed by atoms with Crippen molar-refractivity contribution < 1.29 is 13.6 Å². The van der Waals surface area contributed by atoms with E-state index in [9.17, 15) is 9.18 Å². The molecule has 4 nitrogen and oxygen atoms in total. The minimum absolute atomic E-state index is 0.0166. The number of aryl methyl sites for hydroxylation is 1. The number of benzene rings is 1. The van der Waals surface area contributed by atoms with Crippen LogP contribution in [0.2, 0.25) is 0 Å². The van der Waals surface area contributed by atoms with Gasteiger partial charge in [0, 0.05) is 12.6 Å². The number of carbonyl (C=O) groups is 1. The zero-order chi connectivity index (χ0) is 16.8. The van der Waals surface area contributed by atoms with Crippen LogP contribution >= 0.6 is 0 Å². The van der Waals surface area contributed by atoms with Gasteiger partial charge in [0.25, 0.3) is 0 Å². The summed E-state index contributed by atoms with van der Waals surface area (Å²) in [7, 11) is 0. The van der Waals surface area contributed by atoms with E-state index in [-0.39, 0.29) is 24.3 Å². The van der Waals surface area contributed by atoms with Crippen LogP contribution < -0.4 is 5.32 Å². The van der Waals surface area contributed by atoms with Crippen LogP contribution in [0.5, 0.6) is 0 Å². The van der Waals surface area contributed by atoms with Gasteiger partial charge in [0.15, 0.2) is 0 Å². The number of hydrogen-bond donors (Lipinski definition) is 1. The third-order valence-electron chi connectivity index (χ3n) is 3.44. The second-order valence-corrected chi connectivity index (χ2v) is 5.92. The molecule has 0 spiro atoms. The summed E-state index contributed by atoms with van der Waals surface area (Å²) in [5.41, 5.74) is 0.882. The highest BCUT2D eigenvalue weighted by Crippen LogP contribution is 2.13. The number of halogens is 1. The van der Waals surface area contributed by atoms with E-state index in [1.54, 1.807) is 17.0 Å². The van der Waals surface area contributed by atoms with Gasteiger partial charge in [-0.3, -0.25) is 4.79 Å². The van der Waals surface area contributed by atoms with Gasteiger partial charge >= 0.3 is 0 Å². The topological polar surface area (TPSA) is 45.5 Å². The fourth-order valence-corrected chi connectivity index (χ4v) is 2.20. The first kappa shape index (κ1) is 17.2. The lowest BCUT2D eigenvalue weighted by atomic mass is 10.2. The standard InChI is InChI=1S/C18H23FN2O2/c1-13(2)20-10-18(22)21(12-17-9-4-14(3)23-17)11-15-5-7-16(19)8-6-15/h4-9,13,20H,10-12H2,1-3H3. The SMILES string of the molecule is Cc1ccc(CN(Cc2ccc(F)cc2)C(=O)CNC(C)C)o1. The highest BCUT2D eigenvalue weighted by molar-refractivity contribution is 5.78. The Hall–Kier alpha value is -2.14. The van der Waals surface area contributed by atoms with Crippen molar-refractivity contribution in [3.05, 3.63) is 59.3 Å². The normalized spacial score (nSPS) is 11.0. The van der Waals surface area contributed by atoms with E-state index in [0.29, 0.717) is 13.1 Å². The quantitative estimate of drug-likeness (QED) is 0.852. The minimum Gasteiger partial charge on any atom is -0.464 e. The van der Waals surface area contributed by atoms with Gasteiger partial charge < -0.3 is 14.6 Å². The molecule has 0 aliphatic rings. The van der Waals surface area contributed by atoms with Crippen molar-refractivity contribution >= 4 is 5.91 Å². The molecule has 0 atom stereocenters. The number of nitrogens with zero attached hydrogens (tertiary/aromatic N) is 1. The first-order valence-electron chi connectivity index (χ1n) is 7.75. The molecular formula is C18H23FN2O2. The van der Waals surface area contributed by atoms with Crippen LogP contribution in [0.25, 0.3) is 0 Å². The van der Waals surface area contributed by atoms with Gasteiger partial charge in [-0.25, -0.2) is 4.39 Å². The van der Waals surface area contributed by atoms with Crippen molar-refractivity contribution in [1.29, 1.82) is 0 Å². The van der Waals surface area contributed by atoms with Gasteiger partial charge in [0.2, 0.25) is 5.91 Å². The fraction of sp³-hybridized carbons (Fsp3) is 0.389. The zero-order valence-electron chi connectivity index (χ0n) is 13.8. The molecule has 1 amide bonds. The molecule has 0 aliphatic carbocycles. The summed E-state index contributed by atoms with van der Waals surface area (Å²) in [6.45, 7) is 6.93. The monoisotopic (exact) mass is 318 g/mol. The Morgan fingerprint density at radius 3 is 2.43 bits per heavy atom. The van der Waals surface area contributed by atoms with Gasteiger partial charge in [0.1, 0.15) is 17.3 Å². The lowest BCUT2D eigenvalue weighted by Gasteiger charge is -2.23. The average molecular weight is 318 g/mol. The molecule has 1 aromatic heterocycles. The Balaban J connectivity index is 2.09. The van der Waals surface area contributed by atoms with Crippen LogP contribution in [0.3, 0.4) is 0 Å². The minimum atomic E-state index is -0.283. The molecule has 0 unspecified atom stereocenters. The number of furan rings is 1. The number of rotatable bonds is 7. The second kappa shape index (κ2) is 7.92. The molecule has 124 valence electrons. The first-order chi connectivity index (χ1) is 10.9. The Morgan fingerprint density at radius 2 is 1.87 bits per heavy atom. The van der Waals surface area contributed by atoms with Crippen LogP contribution in [0.4, 0.5) is 4.39 Å². The van der Waals surface area contributed by atoms with Crippen LogP contribution in [0.15, 0.2) is 40.8 Å². The summed E-state index contributed by atoms with van der Waals surface area (Å²) in [5.74, 6) is 1.25. The van der Waals surface area contributed by atoms with Crippen LogP contribution in [0.1, 0.15) is 30.9 Å². The molecule has 0 saturated heterocycles. The highest BCUT2D eigenvalue weighted by atomic mass is 19.1. The summed E-state index contributed by atoms with van der Waals surface area (Å²) in [6.07, 6.45) is 0. The zero-order valence-corrected chi connectivity index (χ0v) is 13.8.